The van der Waals surface area contributed by atoms with Crippen LogP contribution in [0, 0.1) is 11.3 Å². The second kappa shape index (κ2) is 3.62. The van der Waals surface area contributed by atoms with Crippen molar-refractivity contribution in [2.45, 2.75) is 18.9 Å². The van der Waals surface area contributed by atoms with Gasteiger partial charge in [0.2, 0.25) is 0 Å². The average molecular weight is 251 g/mol. The van der Waals surface area contributed by atoms with Gasteiger partial charge in [-0.2, -0.15) is 5.26 Å². The molecule has 0 spiro atoms. The smallest absolute Gasteiger partial charge is 0.0992 e. The Hall–Kier alpha value is -1.01. The summed E-state index contributed by atoms with van der Waals surface area (Å²) >= 11 is 3.49. The highest BCUT2D eigenvalue weighted by Gasteiger charge is 2.27. The van der Waals surface area contributed by atoms with Gasteiger partial charge in [0.15, 0.2) is 0 Å². The molecule has 72 valence electrons. The van der Waals surface area contributed by atoms with Gasteiger partial charge < -0.3 is 4.90 Å². The highest BCUT2D eigenvalue weighted by Crippen LogP contribution is 2.34. The largest absolute Gasteiger partial charge is 0.371 e. The van der Waals surface area contributed by atoms with E-state index in [2.05, 4.69) is 33.9 Å². The van der Waals surface area contributed by atoms with E-state index in [9.17, 15) is 0 Å². The highest BCUT2D eigenvalue weighted by atomic mass is 79.9. The van der Waals surface area contributed by atoms with E-state index in [1.165, 1.54) is 18.5 Å². The molecule has 0 aromatic heterocycles. The molecular formula is C11H11BrN2. The predicted molar refractivity (Wildman–Crippen MR) is 60.3 cm³/mol. The van der Waals surface area contributed by atoms with Gasteiger partial charge in [0, 0.05) is 17.6 Å². The van der Waals surface area contributed by atoms with Crippen LogP contribution in [0.4, 0.5) is 5.69 Å². The van der Waals surface area contributed by atoms with Gasteiger partial charge in [0.05, 0.1) is 17.3 Å². The molecule has 1 aromatic carbocycles. The molecule has 1 aliphatic carbocycles. The van der Waals surface area contributed by atoms with Crippen molar-refractivity contribution in [3.63, 3.8) is 0 Å². The van der Waals surface area contributed by atoms with Crippen molar-refractivity contribution in [2.24, 2.45) is 0 Å². The lowest BCUT2D eigenvalue weighted by atomic mass is 10.2. The fraction of sp³-hybridized carbons (Fsp3) is 0.364. The third-order valence-electron chi connectivity index (χ3n) is 2.55. The molecule has 14 heavy (non-hydrogen) atoms. The molecule has 0 radical (unpaired) electrons. The lowest BCUT2D eigenvalue weighted by Gasteiger charge is -2.20. The summed E-state index contributed by atoms with van der Waals surface area (Å²) in [5.41, 5.74) is 1.87. The van der Waals surface area contributed by atoms with Gasteiger partial charge in [0.25, 0.3) is 0 Å². The molecule has 1 aliphatic rings. The minimum atomic E-state index is 0.694. The molecule has 1 aromatic rings. The van der Waals surface area contributed by atoms with E-state index >= 15 is 0 Å². The topological polar surface area (TPSA) is 27.0 Å². The molecule has 0 aliphatic heterocycles. The van der Waals surface area contributed by atoms with E-state index in [4.69, 9.17) is 5.26 Å². The molecule has 0 unspecified atom stereocenters. The van der Waals surface area contributed by atoms with E-state index in [1.54, 1.807) is 0 Å². The van der Waals surface area contributed by atoms with Gasteiger partial charge in [-0.3, -0.25) is 0 Å². The Morgan fingerprint density at radius 3 is 2.71 bits per heavy atom. The Morgan fingerprint density at radius 2 is 2.21 bits per heavy atom. The molecule has 1 fully saturated rings. The second-order valence-electron chi connectivity index (χ2n) is 3.62. The summed E-state index contributed by atoms with van der Waals surface area (Å²) in [5, 5.41) is 8.73. The van der Waals surface area contributed by atoms with Gasteiger partial charge in [-0.05, 0) is 47.0 Å². The first-order valence-corrected chi connectivity index (χ1v) is 5.44. The fourth-order valence-electron chi connectivity index (χ4n) is 1.52. The standard InChI is InChI=1S/C11H11BrN2/c1-14(9-3-4-9)11-5-2-8(7-13)6-10(11)12/h2,5-6,9H,3-4H2,1H3. The maximum atomic E-state index is 8.73. The number of nitriles is 1. The summed E-state index contributed by atoms with van der Waals surface area (Å²) in [6, 6.07) is 8.55. The third kappa shape index (κ3) is 1.76. The van der Waals surface area contributed by atoms with E-state index in [1.807, 2.05) is 18.2 Å². The first kappa shape index (κ1) is 9.54. The molecule has 2 nitrogen and oxygen atoms in total. The minimum absolute atomic E-state index is 0.694. The summed E-state index contributed by atoms with van der Waals surface area (Å²) < 4.78 is 1.01. The lowest BCUT2D eigenvalue weighted by Crippen LogP contribution is -2.19. The van der Waals surface area contributed by atoms with Crippen molar-refractivity contribution in [1.29, 1.82) is 5.26 Å². The van der Waals surface area contributed by atoms with Crippen molar-refractivity contribution >= 4 is 21.6 Å². The van der Waals surface area contributed by atoms with Crippen LogP contribution in [0.25, 0.3) is 0 Å². The average Bonchev–Trinajstić information content (AvgIpc) is 3.00. The molecule has 0 saturated heterocycles. The maximum absolute atomic E-state index is 8.73. The van der Waals surface area contributed by atoms with Crippen LogP contribution < -0.4 is 4.90 Å². The van der Waals surface area contributed by atoms with Crippen molar-refractivity contribution in [3.05, 3.63) is 28.2 Å². The van der Waals surface area contributed by atoms with Gasteiger partial charge in [-0.25, -0.2) is 0 Å². The number of nitrogens with zero attached hydrogens (tertiary/aromatic N) is 2. The zero-order valence-corrected chi connectivity index (χ0v) is 9.58. The number of hydrogen-bond acceptors (Lipinski definition) is 2. The van der Waals surface area contributed by atoms with Crippen LogP contribution in [0.1, 0.15) is 18.4 Å². The summed E-state index contributed by atoms with van der Waals surface area (Å²) in [5.74, 6) is 0. The Morgan fingerprint density at radius 1 is 1.50 bits per heavy atom. The summed E-state index contributed by atoms with van der Waals surface area (Å²) in [7, 11) is 2.10. The highest BCUT2D eigenvalue weighted by molar-refractivity contribution is 9.10. The number of halogens is 1. The molecule has 1 saturated carbocycles. The zero-order chi connectivity index (χ0) is 10.1. The SMILES string of the molecule is CN(c1ccc(C#N)cc1Br)C1CC1. The minimum Gasteiger partial charge on any atom is -0.371 e. The number of rotatable bonds is 2. The molecular weight excluding hydrogens is 240 g/mol. The van der Waals surface area contributed by atoms with E-state index in [0.29, 0.717) is 11.6 Å². The van der Waals surface area contributed by atoms with Gasteiger partial charge in [0.1, 0.15) is 0 Å². The van der Waals surface area contributed by atoms with E-state index in [-0.39, 0.29) is 0 Å². The van der Waals surface area contributed by atoms with Crippen molar-refractivity contribution in [2.75, 3.05) is 11.9 Å². The Labute approximate surface area is 92.3 Å². The molecule has 0 heterocycles. The van der Waals surface area contributed by atoms with Crippen molar-refractivity contribution < 1.29 is 0 Å². The summed E-state index contributed by atoms with van der Waals surface area (Å²) in [4.78, 5) is 2.27. The van der Waals surface area contributed by atoms with Crippen LogP contribution in [0.2, 0.25) is 0 Å². The molecule has 0 N–H and O–H groups in total. The lowest BCUT2D eigenvalue weighted by molar-refractivity contribution is 0.914. The van der Waals surface area contributed by atoms with Gasteiger partial charge in [-0.1, -0.05) is 0 Å². The Bertz CT molecular complexity index is 391. The Kier molecular flexibility index (Phi) is 2.47. The van der Waals surface area contributed by atoms with Gasteiger partial charge in [-0.15, -0.1) is 0 Å². The zero-order valence-electron chi connectivity index (χ0n) is 8.00. The van der Waals surface area contributed by atoms with Crippen molar-refractivity contribution in [1.82, 2.24) is 0 Å². The molecule has 0 amide bonds. The fourth-order valence-corrected chi connectivity index (χ4v) is 2.18. The second-order valence-corrected chi connectivity index (χ2v) is 4.47. The van der Waals surface area contributed by atoms with Crippen LogP contribution in [0.3, 0.4) is 0 Å². The molecule has 2 rings (SSSR count). The molecule has 3 heteroatoms. The monoisotopic (exact) mass is 250 g/mol. The van der Waals surface area contributed by atoms with Gasteiger partial charge >= 0.3 is 0 Å². The van der Waals surface area contributed by atoms with Crippen LogP contribution >= 0.6 is 15.9 Å². The van der Waals surface area contributed by atoms with Crippen LogP contribution in [-0.2, 0) is 0 Å². The molecule has 0 atom stereocenters. The molecule has 0 bridgehead atoms. The predicted octanol–water partition coefficient (Wildman–Crippen LogP) is 2.92. The van der Waals surface area contributed by atoms with E-state index in [0.717, 1.165) is 4.47 Å². The number of anilines is 1. The van der Waals surface area contributed by atoms with E-state index < -0.39 is 0 Å². The van der Waals surface area contributed by atoms with Crippen LogP contribution in [0.5, 0.6) is 0 Å². The number of hydrogen-bond donors (Lipinski definition) is 0. The maximum Gasteiger partial charge on any atom is 0.0992 e. The van der Waals surface area contributed by atoms with Crippen LogP contribution in [-0.4, -0.2) is 13.1 Å². The Balaban J connectivity index is 2.30. The first-order chi connectivity index (χ1) is 6.72. The third-order valence-corrected chi connectivity index (χ3v) is 3.19. The summed E-state index contributed by atoms with van der Waals surface area (Å²) in [6.45, 7) is 0. The summed E-state index contributed by atoms with van der Waals surface area (Å²) in [6.07, 6.45) is 2.56. The first-order valence-electron chi connectivity index (χ1n) is 4.65. The normalized spacial score (nSPS) is 14.9. The number of benzene rings is 1. The van der Waals surface area contributed by atoms with Crippen molar-refractivity contribution in [3.8, 4) is 6.07 Å². The quantitative estimate of drug-likeness (QED) is 0.808. The van der Waals surface area contributed by atoms with Crippen LogP contribution in [0.15, 0.2) is 22.7 Å².